The van der Waals surface area contributed by atoms with Gasteiger partial charge in [0, 0.05) is 27.7 Å². The van der Waals surface area contributed by atoms with Gasteiger partial charge in [-0.1, -0.05) is 0 Å². The Bertz CT molecular complexity index is 898. The summed E-state index contributed by atoms with van der Waals surface area (Å²) in [5.41, 5.74) is 0.0562. The Balaban J connectivity index is 2.42. The third kappa shape index (κ3) is 7.45. The molecule has 1 amide bonds. The summed E-state index contributed by atoms with van der Waals surface area (Å²) in [5, 5.41) is 11.9. The Morgan fingerprint density at radius 3 is 1.97 bits per heavy atom. The molecule has 1 aliphatic heterocycles. The summed E-state index contributed by atoms with van der Waals surface area (Å²) in [5.74, 6) is -3.72. The summed E-state index contributed by atoms with van der Waals surface area (Å²) in [6.45, 7) is 4.11. The van der Waals surface area contributed by atoms with Crippen LogP contribution in [-0.4, -0.2) is 72.1 Å². The third-order valence-electron chi connectivity index (χ3n) is 4.40. The first kappa shape index (κ1) is 25.6. The first-order valence-corrected chi connectivity index (χ1v) is 9.88. The van der Waals surface area contributed by atoms with Gasteiger partial charge in [0.05, 0.1) is 5.56 Å². The minimum Gasteiger partial charge on any atom is -0.508 e. The number of benzene rings is 1. The summed E-state index contributed by atoms with van der Waals surface area (Å²) in [7, 11) is 0. The summed E-state index contributed by atoms with van der Waals surface area (Å²) in [6.07, 6.45) is -5.37. The van der Waals surface area contributed by atoms with Crippen LogP contribution in [0.15, 0.2) is 24.3 Å². The topological polar surface area (TPSA) is 164 Å². The molecular formula is C21H25NO11. The fourth-order valence-corrected chi connectivity index (χ4v) is 3.16. The van der Waals surface area contributed by atoms with Crippen LogP contribution < -0.4 is 5.32 Å². The molecule has 1 aromatic carbocycles. The predicted octanol–water partition coefficient (Wildman–Crippen LogP) is 0.205. The van der Waals surface area contributed by atoms with E-state index < -0.39 is 67.0 Å². The number of rotatable bonds is 7. The number of ether oxygens (including phenoxy) is 5. The molecule has 0 aromatic heterocycles. The van der Waals surface area contributed by atoms with Crippen LogP contribution in [0, 0.1) is 0 Å². The van der Waals surface area contributed by atoms with Crippen molar-refractivity contribution in [2.45, 2.75) is 58.3 Å². The molecule has 180 valence electrons. The number of carbonyl (C=O) groups is 5. The fraction of sp³-hybridized carbons (Fsp3) is 0.476. The summed E-state index contributed by atoms with van der Waals surface area (Å²) in [6, 6.07) is 3.87. The molecule has 12 nitrogen and oxygen atoms in total. The molecule has 2 N–H and O–H groups in total. The second-order valence-electron chi connectivity index (χ2n) is 7.17. The molecule has 1 heterocycles. The van der Waals surface area contributed by atoms with Crippen molar-refractivity contribution in [1.82, 2.24) is 5.32 Å². The Morgan fingerprint density at radius 1 is 0.879 bits per heavy atom. The van der Waals surface area contributed by atoms with Gasteiger partial charge >= 0.3 is 23.9 Å². The van der Waals surface area contributed by atoms with Crippen molar-refractivity contribution in [3.05, 3.63) is 29.8 Å². The van der Waals surface area contributed by atoms with E-state index in [-0.39, 0.29) is 11.3 Å². The van der Waals surface area contributed by atoms with E-state index in [1.807, 2.05) is 0 Å². The van der Waals surface area contributed by atoms with E-state index in [0.29, 0.717) is 0 Å². The van der Waals surface area contributed by atoms with Crippen molar-refractivity contribution in [2.75, 3.05) is 6.61 Å². The first-order valence-electron chi connectivity index (χ1n) is 9.88. The lowest BCUT2D eigenvalue weighted by Crippen LogP contribution is -2.66. The lowest BCUT2D eigenvalue weighted by molar-refractivity contribution is -0.263. The minimum atomic E-state index is -1.52. The quantitative estimate of drug-likeness (QED) is 0.416. The maximum absolute atomic E-state index is 12.6. The summed E-state index contributed by atoms with van der Waals surface area (Å²) < 4.78 is 26.7. The molecule has 12 heteroatoms. The van der Waals surface area contributed by atoms with E-state index >= 15 is 0 Å². The van der Waals surface area contributed by atoms with Crippen LogP contribution in [0.25, 0.3) is 0 Å². The van der Waals surface area contributed by atoms with Crippen LogP contribution in [0.1, 0.15) is 38.1 Å². The van der Waals surface area contributed by atoms with Gasteiger partial charge < -0.3 is 34.1 Å². The lowest BCUT2D eigenvalue weighted by Gasteiger charge is -2.44. The van der Waals surface area contributed by atoms with Gasteiger partial charge in [0.25, 0.3) is 0 Å². The van der Waals surface area contributed by atoms with Crippen LogP contribution in [0.3, 0.4) is 0 Å². The van der Waals surface area contributed by atoms with E-state index in [1.54, 1.807) is 0 Å². The van der Waals surface area contributed by atoms with Crippen LogP contribution in [0.5, 0.6) is 5.75 Å². The van der Waals surface area contributed by atoms with Gasteiger partial charge in [-0.15, -0.1) is 0 Å². The van der Waals surface area contributed by atoms with Gasteiger partial charge in [-0.25, -0.2) is 4.79 Å². The van der Waals surface area contributed by atoms with Gasteiger partial charge in [0.1, 0.15) is 24.5 Å². The predicted molar refractivity (Wildman–Crippen MR) is 108 cm³/mol. The number of carbonyl (C=O) groups excluding carboxylic acids is 5. The van der Waals surface area contributed by atoms with E-state index in [9.17, 15) is 29.1 Å². The standard InChI is InChI=1S/C21H25NO11/c1-10(23)22-17-19(31-13(4)26)18(30-12(3)25)16(9-29-11(2)24)32-21(17)33-20(28)14-5-7-15(27)8-6-14/h5-8,16-19,21,27H,9H2,1-4H3,(H,22,23)/t16-,17+,18+,19-,21+/m0/s1. The van der Waals surface area contributed by atoms with Crippen molar-refractivity contribution in [1.29, 1.82) is 0 Å². The fourth-order valence-electron chi connectivity index (χ4n) is 3.16. The lowest BCUT2D eigenvalue weighted by atomic mass is 9.96. The number of amides is 1. The Labute approximate surface area is 189 Å². The zero-order valence-corrected chi connectivity index (χ0v) is 18.4. The normalized spacial score (nSPS) is 24.2. The number of aromatic hydroxyl groups is 1. The van der Waals surface area contributed by atoms with Crippen molar-refractivity contribution >= 4 is 29.8 Å². The van der Waals surface area contributed by atoms with Crippen LogP contribution in [-0.2, 0) is 42.9 Å². The molecule has 0 radical (unpaired) electrons. The first-order chi connectivity index (χ1) is 15.5. The zero-order chi connectivity index (χ0) is 24.7. The molecule has 33 heavy (non-hydrogen) atoms. The summed E-state index contributed by atoms with van der Waals surface area (Å²) in [4.78, 5) is 59.3. The highest BCUT2D eigenvalue weighted by molar-refractivity contribution is 5.89. The number of nitrogens with one attached hydrogen (secondary N) is 1. The van der Waals surface area contributed by atoms with Crippen LogP contribution in [0.2, 0.25) is 0 Å². The van der Waals surface area contributed by atoms with Crippen LogP contribution in [0.4, 0.5) is 0 Å². The molecule has 1 aromatic rings. The Hall–Kier alpha value is -3.67. The Kier molecular flexibility index (Phi) is 8.74. The molecule has 1 fully saturated rings. The van der Waals surface area contributed by atoms with E-state index in [1.165, 1.54) is 31.2 Å². The highest BCUT2D eigenvalue weighted by Gasteiger charge is 2.52. The molecule has 0 unspecified atom stereocenters. The molecule has 0 spiro atoms. The maximum Gasteiger partial charge on any atom is 0.340 e. The van der Waals surface area contributed by atoms with Gasteiger partial charge in [0.15, 0.2) is 12.2 Å². The SMILES string of the molecule is CC(=O)N[C@H]1[C@@H](OC(=O)c2ccc(O)cc2)O[C@@H](COC(C)=O)[C@@H](OC(C)=O)[C@H]1OC(C)=O. The van der Waals surface area contributed by atoms with Crippen molar-refractivity contribution in [3.63, 3.8) is 0 Å². The van der Waals surface area contributed by atoms with Crippen LogP contribution >= 0.6 is 0 Å². The molecule has 0 aliphatic carbocycles. The second-order valence-corrected chi connectivity index (χ2v) is 7.17. The number of esters is 4. The maximum atomic E-state index is 12.6. The van der Waals surface area contributed by atoms with Gasteiger partial charge in [0.2, 0.25) is 12.2 Å². The van der Waals surface area contributed by atoms with E-state index in [2.05, 4.69) is 5.32 Å². The molecule has 1 saturated heterocycles. The number of phenolic OH excluding ortho intramolecular Hbond substituents is 1. The van der Waals surface area contributed by atoms with E-state index in [4.69, 9.17) is 23.7 Å². The zero-order valence-electron chi connectivity index (χ0n) is 18.4. The molecule has 0 saturated carbocycles. The highest BCUT2D eigenvalue weighted by Crippen LogP contribution is 2.28. The third-order valence-corrected chi connectivity index (χ3v) is 4.40. The van der Waals surface area contributed by atoms with Crippen molar-refractivity contribution in [3.8, 4) is 5.75 Å². The Morgan fingerprint density at radius 2 is 1.45 bits per heavy atom. The van der Waals surface area contributed by atoms with E-state index in [0.717, 1.165) is 20.8 Å². The average Bonchev–Trinajstić information content (AvgIpc) is 2.70. The monoisotopic (exact) mass is 467 g/mol. The molecule has 5 atom stereocenters. The van der Waals surface area contributed by atoms with Gasteiger partial charge in [-0.3, -0.25) is 19.2 Å². The minimum absolute atomic E-state index is 0.0562. The largest absolute Gasteiger partial charge is 0.508 e. The molecular weight excluding hydrogens is 442 g/mol. The average molecular weight is 467 g/mol. The number of phenols is 1. The number of hydrogen-bond donors (Lipinski definition) is 2. The second kappa shape index (κ2) is 11.3. The van der Waals surface area contributed by atoms with Gasteiger partial charge in [-0.2, -0.15) is 0 Å². The molecule has 0 bridgehead atoms. The highest BCUT2D eigenvalue weighted by atomic mass is 16.7. The molecule has 2 rings (SSSR count). The molecule has 1 aliphatic rings. The number of hydrogen-bond acceptors (Lipinski definition) is 11. The van der Waals surface area contributed by atoms with Gasteiger partial charge in [-0.05, 0) is 24.3 Å². The smallest absolute Gasteiger partial charge is 0.340 e. The van der Waals surface area contributed by atoms with Crippen molar-refractivity contribution in [2.24, 2.45) is 0 Å². The summed E-state index contributed by atoms with van der Waals surface area (Å²) >= 11 is 0. The van der Waals surface area contributed by atoms with Crippen molar-refractivity contribution < 1.29 is 52.8 Å².